The highest BCUT2D eigenvalue weighted by Gasteiger charge is 2.32. The Morgan fingerprint density at radius 2 is 1.93 bits per heavy atom. The minimum atomic E-state index is 0.120. The van der Waals surface area contributed by atoms with E-state index in [0.29, 0.717) is 0 Å². The number of hydrogen-bond acceptors (Lipinski definition) is 2. The minimum absolute atomic E-state index is 0.120. The van der Waals surface area contributed by atoms with Gasteiger partial charge in [0.1, 0.15) is 0 Å². The number of nitrogens with zero attached hydrogens (tertiary/aromatic N) is 1. The molecule has 1 fully saturated rings. The van der Waals surface area contributed by atoms with Crippen molar-refractivity contribution in [3.63, 3.8) is 0 Å². The molecule has 0 aromatic carbocycles. The molecule has 0 aromatic rings. The fraction of sp³-hybridized carbons (Fsp3) is 0.833. The summed E-state index contributed by atoms with van der Waals surface area (Å²) in [6.07, 6.45) is 6.86. The van der Waals surface area contributed by atoms with E-state index in [1.807, 2.05) is 6.08 Å². The quantitative estimate of drug-likeness (QED) is 0.698. The topological polar surface area (TPSA) is 29.3 Å². The number of hydrogen-bond donors (Lipinski definition) is 1. The third-order valence-electron chi connectivity index (χ3n) is 3.50. The van der Waals surface area contributed by atoms with Crippen molar-refractivity contribution in [1.29, 1.82) is 0 Å². The molecule has 14 heavy (non-hydrogen) atoms. The fourth-order valence-electron chi connectivity index (χ4n) is 2.17. The van der Waals surface area contributed by atoms with Crippen LogP contribution in [0.3, 0.4) is 0 Å². The lowest BCUT2D eigenvalue weighted by Gasteiger charge is -2.44. The van der Waals surface area contributed by atoms with Gasteiger partial charge in [-0.05, 0) is 46.2 Å². The van der Waals surface area contributed by atoms with E-state index in [0.717, 1.165) is 6.42 Å². The van der Waals surface area contributed by atoms with Gasteiger partial charge in [0.2, 0.25) is 0 Å². The van der Waals surface area contributed by atoms with Gasteiger partial charge in [-0.2, -0.15) is 0 Å². The summed E-state index contributed by atoms with van der Waals surface area (Å²) in [7, 11) is 0. The van der Waals surface area contributed by atoms with Crippen LogP contribution in [0.4, 0.5) is 0 Å². The van der Waals surface area contributed by atoms with Gasteiger partial charge in [-0.15, -0.1) is 6.58 Å². The molecule has 2 nitrogen and oxygen atoms in total. The van der Waals surface area contributed by atoms with E-state index in [1.54, 1.807) is 0 Å². The largest absolute Gasteiger partial charge is 0.326 e. The molecule has 1 aliphatic rings. The third kappa shape index (κ3) is 2.58. The van der Waals surface area contributed by atoms with E-state index in [-0.39, 0.29) is 11.6 Å². The van der Waals surface area contributed by atoms with Gasteiger partial charge < -0.3 is 5.73 Å². The van der Waals surface area contributed by atoms with Crippen LogP contribution < -0.4 is 5.73 Å². The first kappa shape index (κ1) is 11.7. The minimum Gasteiger partial charge on any atom is -0.326 e. The highest BCUT2D eigenvalue weighted by atomic mass is 15.2. The Balaban J connectivity index is 2.56. The second-order valence-corrected chi connectivity index (χ2v) is 4.83. The van der Waals surface area contributed by atoms with Crippen LogP contribution in [0.2, 0.25) is 0 Å². The highest BCUT2D eigenvalue weighted by Crippen LogP contribution is 2.24. The van der Waals surface area contributed by atoms with Gasteiger partial charge in [0.25, 0.3) is 0 Å². The van der Waals surface area contributed by atoms with Crippen LogP contribution in [-0.4, -0.2) is 29.6 Å². The lowest BCUT2D eigenvalue weighted by molar-refractivity contribution is 0.0739. The maximum absolute atomic E-state index is 6.18. The first-order valence-electron chi connectivity index (χ1n) is 5.70. The zero-order valence-electron chi connectivity index (χ0n) is 9.63. The van der Waals surface area contributed by atoms with Crippen LogP contribution in [-0.2, 0) is 0 Å². The standard InChI is InChI=1S/C12H24N2/c1-4-8-11(13)12(2,3)14-9-6-5-7-10-14/h4,11H,1,5-10,13H2,2-3H3. The van der Waals surface area contributed by atoms with Gasteiger partial charge >= 0.3 is 0 Å². The smallest absolute Gasteiger partial charge is 0.0307 e. The predicted molar refractivity (Wildman–Crippen MR) is 62.3 cm³/mol. The van der Waals surface area contributed by atoms with E-state index in [1.165, 1.54) is 32.4 Å². The molecule has 1 saturated heterocycles. The van der Waals surface area contributed by atoms with Crippen LogP contribution in [0.25, 0.3) is 0 Å². The third-order valence-corrected chi connectivity index (χ3v) is 3.50. The van der Waals surface area contributed by atoms with E-state index in [4.69, 9.17) is 5.73 Å². The first-order valence-corrected chi connectivity index (χ1v) is 5.70. The van der Waals surface area contributed by atoms with Gasteiger partial charge in [-0.3, -0.25) is 4.90 Å². The molecule has 2 heteroatoms. The second-order valence-electron chi connectivity index (χ2n) is 4.83. The van der Waals surface area contributed by atoms with Gasteiger partial charge in [0.15, 0.2) is 0 Å². The molecule has 0 radical (unpaired) electrons. The van der Waals surface area contributed by atoms with E-state index >= 15 is 0 Å². The molecule has 1 unspecified atom stereocenters. The van der Waals surface area contributed by atoms with Crippen molar-refractivity contribution >= 4 is 0 Å². The number of piperidine rings is 1. The van der Waals surface area contributed by atoms with Crippen LogP contribution in [0.1, 0.15) is 39.5 Å². The zero-order valence-corrected chi connectivity index (χ0v) is 9.63. The van der Waals surface area contributed by atoms with Gasteiger partial charge in [-0.1, -0.05) is 12.5 Å². The van der Waals surface area contributed by atoms with Crippen molar-refractivity contribution in [2.75, 3.05) is 13.1 Å². The maximum atomic E-state index is 6.18. The molecule has 1 aliphatic heterocycles. The molecule has 1 heterocycles. The molecule has 1 atom stereocenters. The van der Waals surface area contributed by atoms with E-state index < -0.39 is 0 Å². The summed E-state index contributed by atoms with van der Waals surface area (Å²) in [4.78, 5) is 2.53. The molecule has 1 rings (SSSR count). The SMILES string of the molecule is C=CCC(N)C(C)(C)N1CCCCC1. The molecule has 0 saturated carbocycles. The molecular formula is C12H24N2. The molecule has 2 N–H and O–H groups in total. The number of nitrogens with two attached hydrogens (primary N) is 1. The molecule has 82 valence electrons. The number of likely N-dealkylation sites (tertiary alicyclic amines) is 1. The molecular weight excluding hydrogens is 172 g/mol. The Morgan fingerprint density at radius 1 is 1.36 bits per heavy atom. The Kier molecular flexibility index (Phi) is 4.14. The van der Waals surface area contributed by atoms with Crippen molar-refractivity contribution in [3.05, 3.63) is 12.7 Å². The molecule has 0 aromatic heterocycles. The first-order chi connectivity index (χ1) is 6.59. The van der Waals surface area contributed by atoms with Crippen LogP contribution in [0, 0.1) is 0 Å². The van der Waals surface area contributed by atoms with Gasteiger partial charge in [0.05, 0.1) is 0 Å². The van der Waals surface area contributed by atoms with Gasteiger partial charge in [-0.25, -0.2) is 0 Å². The lowest BCUT2D eigenvalue weighted by Crippen LogP contribution is -2.57. The Hall–Kier alpha value is -0.340. The van der Waals surface area contributed by atoms with Crippen LogP contribution >= 0.6 is 0 Å². The van der Waals surface area contributed by atoms with Crippen molar-refractivity contribution in [1.82, 2.24) is 4.90 Å². The summed E-state index contributed by atoms with van der Waals surface area (Å²) in [6.45, 7) is 10.7. The van der Waals surface area contributed by atoms with Crippen molar-refractivity contribution < 1.29 is 0 Å². The zero-order chi connectivity index (χ0) is 10.6. The Morgan fingerprint density at radius 3 is 2.43 bits per heavy atom. The molecule has 0 spiro atoms. The second kappa shape index (κ2) is 4.94. The van der Waals surface area contributed by atoms with Crippen molar-refractivity contribution in [3.8, 4) is 0 Å². The summed E-state index contributed by atoms with van der Waals surface area (Å²) in [6, 6.07) is 0.207. The fourth-order valence-corrected chi connectivity index (χ4v) is 2.17. The van der Waals surface area contributed by atoms with Gasteiger partial charge in [0, 0.05) is 11.6 Å². The summed E-state index contributed by atoms with van der Waals surface area (Å²) in [5.74, 6) is 0. The van der Waals surface area contributed by atoms with Crippen LogP contribution in [0.15, 0.2) is 12.7 Å². The maximum Gasteiger partial charge on any atom is 0.0307 e. The molecule has 0 aliphatic carbocycles. The normalized spacial score (nSPS) is 21.9. The average molecular weight is 196 g/mol. The summed E-state index contributed by atoms with van der Waals surface area (Å²) in [5.41, 5.74) is 6.30. The number of rotatable bonds is 4. The summed E-state index contributed by atoms with van der Waals surface area (Å²) >= 11 is 0. The van der Waals surface area contributed by atoms with Crippen LogP contribution in [0.5, 0.6) is 0 Å². The van der Waals surface area contributed by atoms with Crippen molar-refractivity contribution in [2.24, 2.45) is 5.73 Å². The van der Waals surface area contributed by atoms with E-state index in [9.17, 15) is 0 Å². The predicted octanol–water partition coefficient (Wildman–Crippen LogP) is 2.15. The van der Waals surface area contributed by atoms with Crippen molar-refractivity contribution in [2.45, 2.75) is 51.1 Å². The molecule has 0 amide bonds. The summed E-state index contributed by atoms with van der Waals surface area (Å²) < 4.78 is 0. The Bertz CT molecular complexity index is 181. The monoisotopic (exact) mass is 196 g/mol. The Labute approximate surface area is 88.2 Å². The molecule has 0 bridgehead atoms. The summed E-state index contributed by atoms with van der Waals surface area (Å²) in [5, 5.41) is 0. The van der Waals surface area contributed by atoms with E-state index in [2.05, 4.69) is 25.3 Å². The lowest BCUT2D eigenvalue weighted by atomic mass is 9.89. The average Bonchev–Trinajstić information content (AvgIpc) is 2.19. The highest BCUT2D eigenvalue weighted by molar-refractivity contribution is 4.95.